The molecule has 0 saturated heterocycles. The number of aromatic amines is 1. The Kier molecular flexibility index (Phi) is 4.17. The van der Waals surface area contributed by atoms with E-state index in [0.717, 1.165) is 10.9 Å². The molecule has 0 amide bonds. The number of nitrogens with one attached hydrogen (secondary N) is 2. The maximum absolute atomic E-state index is 11.7. The minimum atomic E-state index is -2.40. The molecule has 0 aliphatic heterocycles. The lowest BCUT2D eigenvalue weighted by molar-refractivity contribution is 0.0994. The van der Waals surface area contributed by atoms with Crippen molar-refractivity contribution in [3.8, 4) is 6.07 Å². The molecule has 0 radical (unpaired) electrons. The lowest BCUT2D eigenvalue weighted by atomic mass is 10.1. The highest BCUT2D eigenvalue weighted by Gasteiger charge is 2.11. The fourth-order valence-corrected chi connectivity index (χ4v) is 2.39. The van der Waals surface area contributed by atoms with Crippen molar-refractivity contribution in [2.45, 2.75) is 19.8 Å². The molecule has 2 rings (SSSR count). The van der Waals surface area contributed by atoms with Gasteiger partial charge >= 0.3 is 0 Å². The smallest absolute Gasteiger partial charge is 0.193 e. The van der Waals surface area contributed by atoms with E-state index in [2.05, 4.69) is 9.71 Å². The van der Waals surface area contributed by atoms with E-state index in [-0.39, 0.29) is 12.2 Å². The molecule has 2 N–H and O–H groups in total. The van der Waals surface area contributed by atoms with Crippen molar-refractivity contribution in [2.24, 2.45) is 0 Å². The molecule has 1 atom stereocenters. The summed E-state index contributed by atoms with van der Waals surface area (Å²) in [7, 11) is 0. The van der Waals surface area contributed by atoms with E-state index in [0.29, 0.717) is 23.3 Å². The van der Waals surface area contributed by atoms with Crippen LogP contribution in [0.3, 0.4) is 0 Å². The molecule has 20 heavy (non-hydrogen) atoms. The van der Waals surface area contributed by atoms with Crippen LogP contribution in [0.5, 0.6) is 0 Å². The number of aromatic nitrogens is 1. The molecule has 1 heterocycles. The van der Waals surface area contributed by atoms with Gasteiger partial charge in [-0.05, 0) is 30.2 Å². The first kappa shape index (κ1) is 14.2. The Bertz CT molecular complexity index is 730. The number of carbonyl (C=O) groups excluding carboxylic acids is 1. The highest BCUT2D eigenvalue weighted by molar-refractivity contribution is 7.80. The van der Waals surface area contributed by atoms with Crippen LogP contribution in [0, 0.1) is 11.3 Å². The zero-order chi connectivity index (χ0) is 14.7. The van der Waals surface area contributed by atoms with E-state index in [1.54, 1.807) is 18.2 Å². The van der Waals surface area contributed by atoms with Crippen molar-refractivity contribution in [1.82, 2.24) is 4.98 Å². The minimum absolute atomic E-state index is 0.191. The summed E-state index contributed by atoms with van der Waals surface area (Å²) in [5.74, 6) is -0.288. The van der Waals surface area contributed by atoms with Gasteiger partial charge in [0.25, 0.3) is 0 Å². The summed E-state index contributed by atoms with van der Waals surface area (Å²) in [6.45, 7) is 1.91. The number of Topliss-reactive ketones (excluding diaryl/α,β-unsaturated/α-hetero) is 1. The monoisotopic (exact) mass is 290 g/mol. The van der Waals surface area contributed by atoms with Crippen LogP contribution in [0.15, 0.2) is 18.2 Å². The lowest BCUT2D eigenvalue weighted by Gasteiger charge is -2.12. The number of anilines is 1. The van der Waals surface area contributed by atoms with Crippen LogP contribution in [0.2, 0.25) is 0 Å². The topological polar surface area (TPSA) is 109 Å². The predicted octanol–water partition coefficient (Wildman–Crippen LogP) is 2.03. The largest absolute Gasteiger partial charge is 0.755 e. The van der Waals surface area contributed by atoms with Crippen molar-refractivity contribution >= 4 is 33.6 Å². The normalized spacial score (nSPS) is 12.1. The molecule has 0 aliphatic carbocycles. The molecule has 0 bridgehead atoms. The van der Waals surface area contributed by atoms with Crippen molar-refractivity contribution in [3.63, 3.8) is 0 Å². The number of carbonyl (C=O) groups is 1. The van der Waals surface area contributed by atoms with Crippen LogP contribution in [-0.4, -0.2) is 19.5 Å². The molecule has 1 aromatic carbocycles. The van der Waals surface area contributed by atoms with Gasteiger partial charge in [-0.15, -0.1) is 0 Å². The molecule has 6 nitrogen and oxygen atoms in total. The second-order valence-electron chi connectivity index (χ2n) is 4.23. The summed E-state index contributed by atoms with van der Waals surface area (Å²) >= 11 is -2.40. The van der Waals surface area contributed by atoms with Crippen LogP contribution >= 0.6 is 0 Å². The van der Waals surface area contributed by atoms with Gasteiger partial charge < -0.3 is 14.3 Å². The van der Waals surface area contributed by atoms with Gasteiger partial charge in [0.1, 0.15) is 6.42 Å². The Balaban J connectivity index is 2.49. The zero-order valence-electron chi connectivity index (χ0n) is 10.7. The fourth-order valence-electron chi connectivity index (χ4n) is 2.02. The minimum Gasteiger partial charge on any atom is -0.755 e. The van der Waals surface area contributed by atoms with Gasteiger partial charge in [-0.3, -0.25) is 9.00 Å². The SMILES string of the molecule is CCc1cc2cc(C(=O)CC#N)[nH]c2cc1NS(=O)[O-]. The van der Waals surface area contributed by atoms with Gasteiger partial charge in [-0.25, -0.2) is 0 Å². The molecule has 0 spiro atoms. The fraction of sp³-hybridized carbons (Fsp3) is 0.231. The average molecular weight is 290 g/mol. The molecule has 0 fully saturated rings. The van der Waals surface area contributed by atoms with Crippen LogP contribution < -0.4 is 4.72 Å². The summed E-state index contributed by atoms with van der Waals surface area (Å²) in [5, 5.41) is 9.35. The van der Waals surface area contributed by atoms with Gasteiger partial charge in [0, 0.05) is 22.2 Å². The number of nitrogens with zero attached hydrogens (tertiary/aromatic N) is 1. The summed E-state index contributed by atoms with van der Waals surface area (Å²) in [6, 6.07) is 6.95. The molecule has 2 aromatic rings. The Labute approximate surface area is 118 Å². The average Bonchev–Trinajstić information content (AvgIpc) is 2.80. The highest BCUT2D eigenvalue weighted by atomic mass is 32.2. The standard InChI is InChI=1S/C13H13N3O3S/c1-2-8-5-9-6-12(13(17)3-4-14)15-10(9)7-11(8)16-20(18)19/h5-7,15-16H,2-3H2,1H3,(H,18,19)/p-1. The Hall–Kier alpha value is -2.17. The van der Waals surface area contributed by atoms with Gasteiger partial charge in [0.05, 0.1) is 17.5 Å². The second kappa shape index (κ2) is 5.86. The molecule has 1 unspecified atom stereocenters. The van der Waals surface area contributed by atoms with E-state index in [1.807, 2.05) is 13.0 Å². The van der Waals surface area contributed by atoms with Gasteiger partial charge in [0.15, 0.2) is 5.78 Å². The molecule has 104 valence electrons. The van der Waals surface area contributed by atoms with E-state index in [1.165, 1.54) is 0 Å². The number of hydrogen-bond acceptors (Lipinski definition) is 4. The first-order valence-electron chi connectivity index (χ1n) is 5.97. The Morgan fingerprint density at radius 3 is 2.85 bits per heavy atom. The third kappa shape index (κ3) is 2.87. The Morgan fingerprint density at radius 2 is 2.25 bits per heavy atom. The van der Waals surface area contributed by atoms with Gasteiger partial charge in [-0.2, -0.15) is 5.26 Å². The third-order valence-corrected chi connectivity index (χ3v) is 3.35. The van der Waals surface area contributed by atoms with Crippen molar-refractivity contribution < 1.29 is 13.6 Å². The summed E-state index contributed by atoms with van der Waals surface area (Å²) in [4.78, 5) is 14.6. The maximum Gasteiger partial charge on any atom is 0.193 e. The summed E-state index contributed by atoms with van der Waals surface area (Å²) < 4.78 is 23.9. The molecular formula is C13H12N3O3S-. The first-order chi connectivity index (χ1) is 9.55. The van der Waals surface area contributed by atoms with E-state index < -0.39 is 11.3 Å². The predicted molar refractivity (Wildman–Crippen MR) is 74.8 cm³/mol. The van der Waals surface area contributed by atoms with Crippen LogP contribution in [-0.2, 0) is 17.7 Å². The van der Waals surface area contributed by atoms with E-state index in [9.17, 15) is 13.6 Å². The lowest BCUT2D eigenvalue weighted by Crippen LogP contribution is -2.04. The van der Waals surface area contributed by atoms with Crippen molar-refractivity contribution in [1.29, 1.82) is 5.26 Å². The van der Waals surface area contributed by atoms with E-state index in [4.69, 9.17) is 5.26 Å². The van der Waals surface area contributed by atoms with Crippen LogP contribution in [0.25, 0.3) is 10.9 Å². The number of nitriles is 1. The van der Waals surface area contributed by atoms with Gasteiger partial charge in [-0.1, -0.05) is 6.92 Å². The quantitative estimate of drug-likeness (QED) is 0.648. The first-order valence-corrected chi connectivity index (χ1v) is 7.04. The molecular weight excluding hydrogens is 278 g/mol. The number of fused-ring (bicyclic) bond motifs is 1. The van der Waals surface area contributed by atoms with E-state index >= 15 is 0 Å². The van der Waals surface area contributed by atoms with Crippen molar-refractivity contribution in [3.05, 3.63) is 29.5 Å². The van der Waals surface area contributed by atoms with Crippen molar-refractivity contribution in [2.75, 3.05) is 4.72 Å². The highest BCUT2D eigenvalue weighted by Crippen LogP contribution is 2.26. The second-order valence-corrected chi connectivity index (χ2v) is 4.90. The third-order valence-electron chi connectivity index (χ3n) is 2.96. The summed E-state index contributed by atoms with van der Waals surface area (Å²) in [6.07, 6.45) is 0.464. The molecule has 1 aromatic heterocycles. The number of ketones is 1. The Morgan fingerprint density at radius 1 is 1.50 bits per heavy atom. The maximum atomic E-state index is 11.7. The van der Waals surface area contributed by atoms with Gasteiger partial charge in [0.2, 0.25) is 0 Å². The van der Waals surface area contributed by atoms with Crippen LogP contribution in [0.1, 0.15) is 29.4 Å². The zero-order valence-corrected chi connectivity index (χ0v) is 11.5. The molecule has 0 aliphatic rings. The number of rotatable bonds is 5. The number of benzene rings is 1. The number of aryl methyl sites for hydroxylation is 1. The molecule has 0 saturated carbocycles. The molecule has 7 heteroatoms. The van der Waals surface area contributed by atoms with Crippen LogP contribution in [0.4, 0.5) is 5.69 Å². The number of H-pyrrole nitrogens is 1. The summed E-state index contributed by atoms with van der Waals surface area (Å²) in [5.41, 5.74) is 2.31. The number of hydrogen-bond donors (Lipinski definition) is 2.